The largest absolute Gasteiger partial charge is 0.484 e. The Morgan fingerprint density at radius 1 is 1.30 bits per heavy atom. The van der Waals surface area contributed by atoms with Gasteiger partial charge in [0.15, 0.2) is 11.6 Å². The number of carbonyl (C=O) groups excluding carboxylic acids is 1. The molecule has 0 aliphatic carbocycles. The quantitative estimate of drug-likeness (QED) is 0.836. The monoisotopic (exact) mass is 320 g/mol. The summed E-state index contributed by atoms with van der Waals surface area (Å²) in [5.74, 6) is 0.768. The minimum Gasteiger partial charge on any atom is -0.484 e. The highest BCUT2D eigenvalue weighted by molar-refractivity contribution is 5.77. The second kappa shape index (κ2) is 7.30. The molecule has 2 fully saturated rings. The van der Waals surface area contributed by atoms with Crippen LogP contribution in [0.1, 0.15) is 25.7 Å². The van der Waals surface area contributed by atoms with E-state index in [9.17, 15) is 9.18 Å². The minimum absolute atomic E-state index is 0.0864. The summed E-state index contributed by atoms with van der Waals surface area (Å²) in [6.45, 7) is 3.41. The SMILES string of the molecule is CN1CCCC(CCC(=O)N2CC(Oc3ccccc3F)C2)C1. The molecule has 2 aliphatic heterocycles. The number of amides is 1. The molecular weight excluding hydrogens is 295 g/mol. The van der Waals surface area contributed by atoms with Gasteiger partial charge in [-0.1, -0.05) is 12.1 Å². The second-order valence-electron chi connectivity index (χ2n) is 6.78. The van der Waals surface area contributed by atoms with Crippen LogP contribution in [-0.2, 0) is 4.79 Å². The Bertz CT molecular complexity index is 546. The molecule has 0 N–H and O–H groups in total. The molecule has 2 aliphatic rings. The summed E-state index contributed by atoms with van der Waals surface area (Å²) >= 11 is 0. The Balaban J connectivity index is 1.37. The third kappa shape index (κ3) is 4.22. The molecule has 1 aromatic carbocycles. The van der Waals surface area contributed by atoms with Gasteiger partial charge in [0, 0.05) is 13.0 Å². The zero-order valence-electron chi connectivity index (χ0n) is 13.7. The molecule has 2 heterocycles. The molecule has 1 atom stereocenters. The summed E-state index contributed by atoms with van der Waals surface area (Å²) in [6.07, 6.45) is 3.97. The number of carbonyl (C=O) groups is 1. The maximum absolute atomic E-state index is 13.5. The lowest BCUT2D eigenvalue weighted by Gasteiger charge is -2.39. The predicted octanol–water partition coefficient (Wildman–Crippen LogP) is 2.54. The molecule has 1 amide bonds. The molecule has 1 aromatic rings. The number of benzene rings is 1. The third-order valence-corrected chi connectivity index (χ3v) is 4.82. The van der Waals surface area contributed by atoms with Crippen molar-refractivity contribution in [2.24, 2.45) is 5.92 Å². The van der Waals surface area contributed by atoms with Gasteiger partial charge in [-0.3, -0.25) is 4.79 Å². The minimum atomic E-state index is -0.348. The van der Waals surface area contributed by atoms with E-state index in [1.54, 1.807) is 18.2 Å². The summed E-state index contributed by atoms with van der Waals surface area (Å²) in [7, 11) is 2.15. The zero-order chi connectivity index (χ0) is 16.2. The molecule has 0 bridgehead atoms. The zero-order valence-corrected chi connectivity index (χ0v) is 13.7. The summed E-state index contributed by atoms with van der Waals surface area (Å²) < 4.78 is 19.1. The van der Waals surface area contributed by atoms with E-state index in [1.807, 2.05) is 4.90 Å². The molecule has 0 aromatic heterocycles. The average Bonchev–Trinajstić information content (AvgIpc) is 2.50. The van der Waals surface area contributed by atoms with Crippen LogP contribution >= 0.6 is 0 Å². The van der Waals surface area contributed by atoms with E-state index in [1.165, 1.54) is 25.5 Å². The number of ether oxygens (including phenoxy) is 1. The van der Waals surface area contributed by atoms with Gasteiger partial charge in [0.05, 0.1) is 13.1 Å². The highest BCUT2D eigenvalue weighted by Crippen LogP contribution is 2.24. The van der Waals surface area contributed by atoms with Gasteiger partial charge >= 0.3 is 0 Å². The first-order chi connectivity index (χ1) is 11.1. The number of hydrogen-bond acceptors (Lipinski definition) is 3. The molecule has 0 spiro atoms. The van der Waals surface area contributed by atoms with Gasteiger partial charge in [-0.25, -0.2) is 4.39 Å². The van der Waals surface area contributed by atoms with Crippen molar-refractivity contribution < 1.29 is 13.9 Å². The number of para-hydroxylation sites is 1. The molecule has 5 heteroatoms. The Morgan fingerprint density at radius 2 is 2.09 bits per heavy atom. The molecule has 126 valence electrons. The van der Waals surface area contributed by atoms with Crippen LogP contribution < -0.4 is 4.74 Å². The first-order valence-electron chi connectivity index (χ1n) is 8.49. The van der Waals surface area contributed by atoms with Crippen LogP contribution in [0.3, 0.4) is 0 Å². The van der Waals surface area contributed by atoms with Crippen molar-refractivity contribution in [3.63, 3.8) is 0 Å². The topological polar surface area (TPSA) is 32.8 Å². The van der Waals surface area contributed by atoms with Crippen molar-refractivity contribution in [3.8, 4) is 5.75 Å². The van der Waals surface area contributed by atoms with E-state index in [0.29, 0.717) is 25.4 Å². The smallest absolute Gasteiger partial charge is 0.222 e. The molecule has 3 rings (SSSR count). The van der Waals surface area contributed by atoms with Crippen LogP contribution in [0.2, 0.25) is 0 Å². The maximum Gasteiger partial charge on any atom is 0.222 e. The van der Waals surface area contributed by atoms with Crippen LogP contribution in [0.5, 0.6) is 5.75 Å². The highest BCUT2D eigenvalue weighted by atomic mass is 19.1. The van der Waals surface area contributed by atoms with Crippen LogP contribution in [0.15, 0.2) is 24.3 Å². The molecule has 2 saturated heterocycles. The standard InChI is InChI=1S/C18H25FN2O2/c1-20-10-4-5-14(11-20)8-9-18(22)21-12-15(13-21)23-17-7-3-2-6-16(17)19/h2-3,6-7,14-15H,4-5,8-13H2,1H3. The number of halogens is 1. The van der Waals surface area contributed by atoms with Gasteiger partial charge in [0.1, 0.15) is 6.10 Å². The Kier molecular flexibility index (Phi) is 5.16. The third-order valence-electron chi connectivity index (χ3n) is 4.82. The van der Waals surface area contributed by atoms with Crippen molar-refractivity contribution in [2.75, 3.05) is 33.2 Å². The van der Waals surface area contributed by atoms with Crippen LogP contribution in [0.4, 0.5) is 4.39 Å². The highest BCUT2D eigenvalue weighted by Gasteiger charge is 2.32. The van der Waals surface area contributed by atoms with Gasteiger partial charge in [0.2, 0.25) is 5.91 Å². The molecule has 1 unspecified atom stereocenters. The lowest BCUT2D eigenvalue weighted by Crippen LogP contribution is -2.56. The fraction of sp³-hybridized carbons (Fsp3) is 0.611. The van der Waals surface area contributed by atoms with Crippen LogP contribution in [0, 0.1) is 11.7 Å². The van der Waals surface area contributed by atoms with Crippen molar-refractivity contribution in [3.05, 3.63) is 30.1 Å². The molecule has 0 saturated carbocycles. The lowest BCUT2D eigenvalue weighted by atomic mass is 9.93. The first kappa shape index (κ1) is 16.2. The van der Waals surface area contributed by atoms with Gasteiger partial charge in [-0.15, -0.1) is 0 Å². The van der Waals surface area contributed by atoms with Gasteiger partial charge in [-0.05, 0) is 50.9 Å². The number of piperidine rings is 1. The van der Waals surface area contributed by atoms with Crippen molar-refractivity contribution in [1.82, 2.24) is 9.80 Å². The maximum atomic E-state index is 13.5. The lowest BCUT2D eigenvalue weighted by molar-refractivity contribution is -0.140. The summed E-state index contributed by atoms with van der Waals surface area (Å²) in [5, 5.41) is 0. The summed E-state index contributed by atoms with van der Waals surface area (Å²) in [6, 6.07) is 6.40. The summed E-state index contributed by atoms with van der Waals surface area (Å²) in [4.78, 5) is 16.4. The Hall–Kier alpha value is -1.62. The fourth-order valence-electron chi connectivity index (χ4n) is 3.43. The predicted molar refractivity (Wildman–Crippen MR) is 86.9 cm³/mol. The number of hydrogen-bond donors (Lipinski definition) is 0. The van der Waals surface area contributed by atoms with E-state index in [-0.39, 0.29) is 23.6 Å². The van der Waals surface area contributed by atoms with Gasteiger partial charge in [-0.2, -0.15) is 0 Å². The Labute approximate surface area is 137 Å². The van der Waals surface area contributed by atoms with Gasteiger partial charge < -0.3 is 14.5 Å². The normalized spacial score (nSPS) is 22.7. The molecule has 0 radical (unpaired) electrons. The van der Waals surface area contributed by atoms with E-state index < -0.39 is 0 Å². The number of rotatable bonds is 5. The molecule has 4 nitrogen and oxygen atoms in total. The molecule has 23 heavy (non-hydrogen) atoms. The fourth-order valence-corrected chi connectivity index (χ4v) is 3.43. The second-order valence-corrected chi connectivity index (χ2v) is 6.78. The van der Waals surface area contributed by atoms with Crippen molar-refractivity contribution in [1.29, 1.82) is 0 Å². The van der Waals surface area contributed by atoms with E-state index in [2.05, 4.69) is 11.9 Å². The van der Waals surface area contributed by atoms with E-state index >= 15 is 0 Å². The van der Waals surface area contributed by atoms with Crippen LogP contribution in [-0.4, -0.2) is 55.0 Å². The number of likely N-dealkylation sites (tertiary alicyclic amines) is 2. The van der Waals surface area contributed by atoms with Crippen LogP contribution in [0.25, 0.3) is 0 Å². The number of nitrogens with zero attached hydrogens (tertiary/aromatic N) is 2. The van der Waals surface area contributed by atoms with Crippen molar-refractivity contribution >= 4 is 5.91 Å². The van der Waals surface area contributed by atoms with E-state index in [0.717, 1.165) is 13.0 Å². The van der Waals surface area contributed by atoms with E-state index in [4.69, 9.17) is 4.74 Å². The average molecular weight is 320 g/mol. The molecular formula is C18H25FN2O2. The van der Waals surface area contributed by atoms with Gasteiger partial charge in [0.25, 0.3) is 0 Å². The first-order valence-corrected chi connectivity index (χ1v) is 8.49. The Morgan fingerprint density at radius 3 is 2.83 bits per heavy atom. The summed E-state index contributed by atoms with van der Waals surface area (Å²) in [5.41, 5.74) is 0. The van der Waals surface area contributed by atoms with Crippen molar-refractivity contribution in [2.45, 2.75) is 31.8 Å².